The lowest BCUT2D eigenvalue weighted by molar-refractivity contribution is 0.0250. The van der Waals surface area contributed by atoms with E-state index < -0.39 is 5.60 Å². The lowest BCUT2D eigenvalue weighted by Crippen LogP contribution is -2.40. The topological polar surface area (TPSA) is 59.3 Å². The van der Waals surface area contributed by atoms with Gasteiger partial charge in [0.1, 0.15) is 0 Å². The first-order valence-corrected chi connectivity index (χ1v) is 7.55. The average molecular weight is 281 g/mol. The molecule has 1 heterocycles. The predicted molar refractivity (Wildman–Crippen MR) is 78.9 cm³/mol. The maximum atomic E-state index is 10.6. The number of aryl methyl sites for hydroxylation is 2. The largest absolute Gasteiger partial charge is 0.481 e. The van der Waals surface area contributed by atoms with Gasteiger partial charge in [-0.25, -0.2) is 4.68 Å². The van der Waals surface area contributed by atoms with Crippen LogP contribution in [-0.2, 0) is 13.6 Å². The average Bonchev–Trinajstić information content (AvgIpc) is 2.57. The van der Waals surface area contributed by atoms with Crippen molar-refractivity contribution in [2.45, 2.75) is 57.6 Å². The molecule has 0 aromatic carbocycles. The van der Waals surface area contributed by atoms with Crippen LogP contribution in [0, 0.1) is 6.92 Å². The molecule has 1 saturated carbocycles. The molecule has 1 aromatic rings. The minimum absolute atomic E-state index is 0.542. The molecule has 0 spiro atoms. The van der Waals surface area contributed by atoms with E-state index in [1.165, 1.54) is 12.8 Å². The van der Waals surface area contributed by atoms with Gasteiger partial charge in [0.2, 0.25) is 5.88 Å². The number of rotatable bonds is 5. The molecule has 0 atom stereocenters. The van der Waals surface area contributed by atoms with Crippen molar-refractivity contribution in [3.05, 3.63) is 11.3 Å². The molecule has 0 amide bonds. The van der Waals surface area contributed by atoms with Gasteiger partial charge in [-0.1, -0.05) is 25.7 Å². The van der Waals surface area contributed by atoms with Crippen molar-refractivity contribution in [1.29, 1.82) is 0 Å². The van der Waals surface area contributed by atoms with Gasteiger partial charge in [0.15, 0.2) is 0 Å². The fourth-order valence-electron chi connectivity index (χ4n) is 3.12. The van der Waals surface area contributed by atoms with Crippen LogP contribution in [0.1, 0.15) is 49.8 Å². The molecule has 114 valence electrons. The molecule has 20 heavy (non-hydrogen) atoms. The highest BCUT2D eigenvalue weighted by atomic mass is 16.5. The third kappa shape index (κ3) is 3.52. The lowest BCUT2D eigenvalue weighted by Gasteiger charge is -2.27. The molecule has 5 heteroatoms. The molecule has 1 aromatic heterocycles. The van der Waals surface area contributed by atoms with Crippen LogP contribution in [0.4, 0.5) is 0 Å². The number of ether oxygens (including phenoxy) is 1. The summed E-state index contributed by atoms with van der Waals surface area (Å²) in [5, 5.41) is 18.4. The Morgan fingerprint density at radius 3 is 2.55 bits per heavy atom. The van der Waals surface area contributed by atoms with Crippen LogP contribution in [0.25, 0.3) is 0 Å². The van der Waals surface area contributed by atoms with Crippen molar-refractivity contribution in [2.75, 3.05) is 13.7 Å². The molecular formula is C15H27N3O2. The minimum atomic E-state index is -0.542. The van der Waals surface area contributed by atoms with E-state index in [-0.39, 0.29) is 0 Å². The lowest BCUT2D eigenvalue weighted by atomic mass is 9.94. The van der Waals surface area contributed by atoms with Crippen molar-refractivity contribution < 1.29 is 9.84 Å². The Kier molecular flexibility index (Phi) is 5.05. The van der Waals surface area contributed by atoms with Gasteiger partial charge >= 0.3 is 0 Å². The third-order valence-corrected chi connectivity index (χ3v) is 4.27. The fraction of sp³-hybridized carbons (Fsp3) is 0.800. The van der Waals surface area contributed by atoms with E-state index >= 15 is 0 Å². The van der Waals surface area contributed by atoms with Gasteiger partial charge in [0.25, 0.3) is 0 Å². The van der Waals surface area contributed by atoms with Gasteiger partial charge in [-0.15, -0.1) is 0 Å². The summed E-state index contributed by atoms with van der Waals surface area (Å²) in [6.07, 6.45) is 6.57. The van der Waals surface area contributed by atoms with Gasteiger partial charge in [-0.2, -0.15) is 5.10 Å². The Bertz CT molecular complexity index is 435. The van der Waals surface area contributed by atoms with E-state index in [1.807, 2.05) is 14.0 Å². The Morgan fingerprint density at radius 1 is 1.30 bits per heavy atom. The molecule has 0 bridgehead atoms. The Balaban J connectivity index is 1.92. The Morgan fingerprint density at radius 2 is 1.95 bits per heavy atom. The highest BCUT2D eigenvalue weighted by Crippen LogP contribution is 2.27. The second-order valence-corrected chi connectivity index (χ2v) is 5.94. The Labute approximate surface area is 121 Å². The molecule has 2 rings (SSSR count). The molecule has 2 N–H and O–H groups in total. The predicted octanol–water partition coefficient (Wildman–Crippen LogP) is 1.91. The van der Waals surface area contributed by atoms with Crippen molar-refractivity contribution in [3.8, 4) is 5.88 Å². The fourth-order valence-corrected chi connectivity index (χ4v) is 3.12. The molecule has 1 aliphatic rings. The minimum Gasteiger partial charge on any atom is -0.481 e. The summed E-state index contributed by atoms with van der Waals surface area (Å²) in [5.41, 5.74) is 1.51. The van der Waals surface area contributed by atoms with E-state index in [0.29, 0.717) is 13.1 Å². The van der Waals surface area contributed by atoms with Crippen LogP contribution >= 0.6 is 0 Å². The van der Waals surface area contributed by atoms with Crippen LogP contribution in [-0.4, -0.2) is 34.1 Å². The van der Waals surface area contributed by atoms with Gasteiger partial charge in [0, 0.05) is 20.1 Å². The van der Waals surface area contributed by atoms with Crippen molar-refractivity contribution in [3.63, 3.8) is 0 Å². The second kappa shape index (κ2) is 6.59. The highest BCUT2D eigenvalue weighted by molar-refractivity contribution is 5.30. The zero-order valence-electron chi connectivity index (χ0n) is 12.9. The molecule has 5 nitrogen and oxygen atoms in total. The van der Waals surface area contributed by atoms with Crippen LogP contribution < -0.4 is 10.1 Å². The first-order valence-electron chi connectivity index (χ1n) is 7.55. The van der Waals surface area contributed by atoms with E-state index in [0.717, 1.165) is 42.8 Å². The smallest absolute Gasteiger partial charge is 0.216 e. The molecule has 0 unspecified atom stereocenters. The summed E-state index contributed by atoms with van der Waals surface area (Å²) < 4.78 is 7.14. The summed E-state index contributed by atoms with van der Waals surface area (Å²) in [6, 6.07) is 0. The molecule has 0 saturated heterocycles. The molecule has 0 radical (unpaired) electrons. The zero-order valence-corrected chi connectivity index (χ0v) is 12.9. The van der Waals surface area contributed by atoms with Gasteiger partial charge < -0.3 is 15.2 Å². The molecule has 0 aliphatic heterocycles. The monoisotopic (exact) mass is 281 g/mol. The number of nitrogens with zero attached hydrogens (tertiary/aromatic N) is 2. The number of hydrogen-bond acceptors (Lipinski definition) is 4. The first kappa shape index (κ1) is 15.3. The van der Waals surface area contributed by atoms with Gasteiger partial charge in [-0.3, -0.25) is 0 Å². The van der Waals surface area contributed by atoms with Gasteiger partial charge in [0.05, 0.1) is 24.0 Å². The molecule has 1 fully saturated rings. The van der Waals surface area contributed by atoms with Crippen molar-refractivity contribution in [2.24, 2.45) is 7.05 Å². The van der Waals surface area contributed by atoms with Gasteiger partial charge in [-0.05, 0) is 19.8 Å². The summed E-state index contributed by atoms with van der Waals surface area (Å²) in [6.45, 7) is 3.32. The summed E-state index contributed by atoms with van der Waals surface area (Å²) in [7, 11) is 3.55. The van der Waals surface area contributed by atoms with E-state index in [2.05, 4.69) is 10.4 Å². The SMILES string of the molecule is COc1c(CNCC2(O)CCCCCC2)c(C)nn1C. The van der Waals surface area contributed by atoms with E-state index in [4.69, 9.17) is 4.74 Å². The number of hydrogen-bond donors (Lipinski definition) is 2. The second-order valence-electron chi connectivity index (χ2n) is 5.94. The quantitative estimate of drug-likeness (QED) is 0.810. The number of aromatic nitrogens is 2. The van der Waals surface area contributed by atoms with Crippen LogP contribution in [0.3, 0.4) is 0 Å². The number of aliphatic hydroxyl groups is 1. The maximum Gasteiger partial charge on any atom is 0.216 e. The summed E-state index contributed by atoms with van der Waals surface area (Å²) in [5.74, 6) is 0.794. The first-order chi connectivity index (χ1) is 9.56. The summed E-state index contributed by atoms with van der Waals surface area (Å²) >= 11 is 0. The number of methoxy groups -OCH3 is 1. The van der Waals surface area contributed by atoms with Crippen molar-refractivity contribution in [1.82, 2.24) is 15.1 Å². The third-order valence-electron chi connectivity index (χ3n) is 4.27. The zero-order chi connectivity index (χ0) is 14.6. The highest BCUT2D eigenvalue weighted by Gasteiger charge is 2.27. The van der Waals surface area contributed by atoms with Crippen LogP contribution in [0.2, 0.25) is 0 Å². The van der Waals surface area contributed by atoms with Crippen LogP contribution in [0.5, 0.6) is 5.88 Å². The number of nitrogens with one attached hydrogen (secondary N) is 1. The molecule has 1 aliphatic carbocycles. The standard InChI is InChI=1S/C15H27N3O2/c1-12-13(14(20-3)18(2)17-12)10-16-11-15(19)8-6-4-5-7-9-15/h16,19H,4-11H2,1-3H3. The normalized spacial score (nSPS) is 18.8. The van der Waals surface area contributed by atoms with E-state index in [1.54, 1.807) is 11.8 Å². The van der Waals surface area contributed by atoms with E-state index in [9.17, 15) is 5.11 Å². The van der Waals surface area contributed by atoms with Crippen LogP contribution in [0.15, 0.2) is 0 Å². The molecular weight excluding hydrogens is 254 g/mol. The maximum absolute atomic E-state index is 10.6. The summed E-state index contributed by atoms with van der Waals surface area (Å²) in [4.78, 5) is 0. The Hall–Kier alpha value is -1.07. The van der Waals surface area contributed by atoms with Crippen molar-refractivity contribution >= 4 is 0 Å².